The summed E-state index contributed by atoms with van der Waals surface area (Å²) in [6, 6.07) is 1.44. The maximum Gasteiger partial charge on any atom is 0.274 e. The molecular weight excluding hydrogens is 294 g/mol. The summed E-state index contributed by atoms with van der Waals surface area (Å²) in [7, 11) is 0. The molecule has 1 aliphatic heterocycles. The molecule has 0 bridgehead atoms. The van der Waals surface area contributed by atoms with Crippen LogP contribution in [0.5, 0.6) is 0 Å². The van der Waals surface area contributed by atoms with Gasteiger partial charge in [-0.3, -0.25) is 14.6 Å². The Morgan fingerprint density at radius 3 is 2.70 bits per heavy atom. The van der Waals surface area contributed by atoms with E-state index in [0.29, 0.717) is 23.8 Å². The summed E-state index contributed by atoms with van der Waals surface area (Å²) < 4.78 is 0. The van der Waals surface area contributed by atoms with E-state index in [1.165, 1.54) is 12.3 Å². The molecule has 1 aliphatic rings. The lowest BCUT2D eigenvalue weighted by atomic mass is 9.97. The van der Waals surface area contributed by atoms with Crippen molar-refractivity contribution >= 4 is 5.91 Å². The first-order valence-corrected chi connectivity index (χ1v) is 7.59. The van der Waals surface area contributed by atoms with Crippen LogP contribution in [0.2, 0.25) is 0 Å². The molecule has 0 aromatic carbocycles. The first-order chi connectivity index (χ1) is 10.9. The molecule has 3 rings (SSSR count). The van der Waals surface area contributed by atoms with Crippen molar-refractivity contribution in [2.45, 2.75) is 39.2 Å². The number of hydrogen-bond acceptors (Lipinski definition) is 5. The number of aryl methyl sites for hydroxylation is 2. The van der Waals surface area contributed by atoms with E-state index in [2.05, 4.69) is 19.9 Å². The second-order valence-electron chi connectivity index (χ2n) is 6.11. The Labute approximate surface area is 133 Å². The fraction of sp³-hybridized carbons (Fsp3) is 0.438. The van der Waals surface area contributed by atoms with Gasteiger partial charge in [-0.2, -0.15) is 0 Å². The van der Waals surface area contributed by atoms with Crippen LogP contribution in [-0.2, 0) is 5.54 Å². The second-order valence-corrected chi connectivity index (χ2v) is 6.11. The van der Waals surface area contributed by atoms with Gasteiger partial charge in [0.1, 0.15) is 11.5 Å². The molecule has 1 amide bonds. The highest BCUT2D eigenvalue weighted by atomic mass is 16.2. The maximum atomic E-state index is 12.8. The zero-order valence-electron chi connectivity index (χ0n) is 13.5. The fourth-order valence-electron chi connectivity index (χ4n) is 3.01. The molecule has 1 N–H and O–H groups in total. The smallest absolute Gasteiger partial charge is 0.274 e. The van der Waals surface area contributed by atoms with E-state index in [9.17, 15) is 9.59 Å². The molecule has 0 saturated carbocycles. The van der Waals surface area contributed by atoms with E-state index in [4.69, 9.17) is 0 Å². The molecule has 0 aliphatic carbocycles. The van der Waals surface area contributed by atoms with E-state index < -0.39 is 5.54 Å². The standard InChI is InChI=1S/C16H19N5O2/c1-10-7-13(22)20-15(19-10)16(3)5-4-6-21(16)14(23)12-9-17-11(2)8-18-12/h7-9H,4-6H2,1-3H3,(H,19,20,22). The fourth-order valence-corrected chi connectivity index (χ4v) is 3.01. The van der Waals surface area contributed by atoms with Crippen molar-refractivity contribution < 1.29 is 4.79 Å². The highest BCUT2D eigenvalue weighted by molar-refractivity contribution is 5.92. The van der Waals surface area contributed by atoms with Gasteiger partial charge in [0, 0.05) is 24.5 Å². The minimum atomic E-state index is -0.644. The third-order valence-electron chi connectivity index (χ3n) is 4.27. The van der Waals surface area contributed by atoms with Crippen molar-refractivity contribution in [3.63, 3.8) is 0 Å². The van der Waals surface area contributed by atoms with Crippen LogP contribution in [0.4, 0.5) is 0 Å². The van der Waals surface area contributed by atoms with E-state index in [-0.39, 0.29) is 11.5 Å². The van der Waals surface area contributed by atoms with Gasteiger partial charge in [-0.1, -0.05) is 0 Å². The van der Waals surface area contributed by atoms with E-state index in [0.717, 1.165) is 18.5 Å². The van der Waals surface area contributed by atoms with Crippen LogP contribution < -0.4 is 5.56 Å². The molecule has 7 heteroatoms. The Morgan fingerprint density at radius 2 is 2.04 bits per heavy atom. The van der Waals surface area contributed by atoms with Gasteiger partial charge >= 0.3 is 0 Å². The van der Waals surface area contributed by atoms with Gasteiger partial charge in [0.2, 0.25) is 0 Å². The Kier molecular flexibility index (Phi) is 3.71. The summed E-state index contributed by atoms with van der Waals surface area (Å²) in [4.78, 5) is 41.8. The molecule has 1 saturated heterocycles. The van der Waals surface area contributed by atoms with Crippen LogP contribution in [-0.4, -0.2) is 37.3 Å². The average Bonchev–Trinajstić information content (AvgIpc) is 2.89. The molecule has 1 atom stereocenters. The van der Waals surface area contributed by atoms with Crippen LogP contribution >= 0.6 is 0 Å². The Hall–Kier alpha value is -2.57. The SMILES string of the molecule is Cc1cnc(C(=O)N2CCCC2(C)c2nc(C)cc(=O)[nH]2)cn1. The quantitative estimate of drug-likeness (QED) is 0.903. The molecule has 2 aromatic heterocycles. The number of amides is 1. The predicted octanol–water partition coefficient (Wildman–Crippen LogP) is 1.33. The summed E-state index contributed by atoms with van der Waals surface area (Å²) in [5, 5.41) is 0. The number of carbonyl (C=O) groups excluding carboxylic acids is 1. The van der Waals surface area contributed by atoms with E-state index >= 15 is 0 Å². The van der Waals surface area contributed by atoms with Crippen molar-refractivity contribution in [3.05, 3.63) is 51.7 Å². The van der Waals surface area contributed by atoms with E-state index in [1.54, 1.807) is 18.0 Å². The van der Waals surface area contributed by atoms with Crippen LogP contribution in [0.15, 0.2) is 23.3 Å². The minimum Gasteiger partial charge on any atom is -0.325 e. The van der Waals surface area contributed by atoms with Crippen molar-refractivity contribution in [3.8, 4) is 0 Å². The number of nitrogens with zero attached hydrogens (tertiary/aromatic N) is 4. The molecule has 7 nitrogen and oxygen atoms in total. The first-order valence-electron chi connectivity index (χ1n) is 7.59. The van der Waals surface area contributed by atoms with Gasteiger partial charge in [-0.25, -0.2) is 9.97 Å². The number of carbonyl (C=O) groups is 1. The third-order valence-corrected chi connectivity index (χ3v) is 4.27. The van der Waals surface area contributed by atoms with Crippen LogP contribution in [0, 0.1) is 13.8 Å². The molecular formula is C16H19N5O2. The minimum absolute atomic E-state index is 0.193. The van der Waals surface area contributed by atoms with E-state index in [1.807, 2.05) is 13.8 Å². The zero-order chi connectivity index (χ0) is 16.6. The van der Waals surface area contributed by atoms with Gasteiger partial charge < -0.3 is 9.88 Å². The molecule has 0 radical (unpaired) electrons. The summed E-state index contributed by atoms with van der Waals surface area (Å²) in [5.41, 5.74) is 0.853. The van der Waals surface area contributed by atoms with Gasteiger partial charge in [-0.05, 0) is 33.6 Å². The Bertz CT molecular complexity index is 799. The van der Waals surface area contributed by atoms with Gasteiger partial charge in [0.25, 0.3) is 11.5 Å². The molecule has 0 spiro atoms. The molecule has 23 heavy (non-hydrogen) atoms. The van der Waals surface area contributed by atoms with Gasteiger partial charge in [0.15, 0.2) is 0 Å². The second kappa shape index (κ2) is 5.57. The highest BCUT2D eigenvalue weighted by Gasteiger charge is 2.43. The molecule has 1 fully saturated rings. The number of aromatic amines is 1. The number of nitrogens with one attached hydrogen (secondary N) is 1. The van der Waals surface area contributed by atoms with Crippen LogP contribution in [0.3, 0.4) is 0 Å². The van der Waals surface area contributed by atoms with Crippen LogP contribution in [0.25, 0.3) is 0 Å². The largest absolute Gasteiger partial charge is 0.325 e. The average molecular weight is 313 g/mol. The number of hydrogen-bond donors (Lipinski definition) is 1. The molecule has 1 unspecified atom stereocenters. The summed E-state index contributed by atoms with van der Waals surface area (Å²) >= 11 is 0. The number of H-pyrrole nitrogens is 1. The Morgan fingerprint density at radius 1 is 1.26 bits per heavy atom. The lowest BCUT2D eigenvalue weighted by Gasteiger charge is -2.34. The number of aromatic nitrogens is 4. The zero-order valence-corrected chi connectivity index (χ0v) is 13.5. The number of rotatable bonds is 2. The monoisotopic (exact) mass is 313 g/mol. The topological polar surface area (TPSA) is 91.8 Å². The molecule has 120 valence electrons. The van der Waals surface area contributed by atoms with Crippen molar-refractivity contribution in [1.29, 1.82) is 0 Å². The highest BCUT2D eigenvalue weighted by Crippen LogP contribution is 2.37. The van der Waals surface area contributed by atoms with Gasteiger partial charge in [0.05, 0.1) is 17.4 Å². The van der Waals surface area contributed by atoms with Gasteiger partial charge in [-0.15, -0.1) is 0 Å². The summed E-state index contributed by atoms with van der Waals surface area (Å²) in [6.07, 6.45) is 4.65. The van der Waals surface area contributed by atoms with Crippen LogP contribution in [0.1, 0.15) is 47.5 Å². The third kappa shape index (κ3) is 2.74. The number of likely N-dealkylation sites (tertiary alicyclic amines) is 1. The lowest BCUT2D eigenvalue weighted by molar-refractivity contribution is 0.0596. The molecule has 3 heterocycles. The normalized spacial score (nSPS) is 20.7. The lowest BCUT2D eigenvalue weighted by Crippen LogP contribution is -2.45. The van der Waals surface area contributed by atoms with Crippen molar-refractivity contribution in [2.24, 2.45) is 0 Å². The summed E-state index contributed by atoms with van der Waals surface area (Å²) in [6.45, 7) is 6.12. The predicted molar refractivity (Wildman–Crippen MR) is 84.0 cm³/mol. The van der Waals surface area contributed by atoms with Crippen molar-refractivity contribution in [1.82, 2.24) is 24.8 Å². The maximum absolute atomic E-state index is 12.8. The summed E-state index contributed by atoms with van der Waals surface area (Å²) in [5.74, 6) is 0.329. The Balaban J connectivity index is 2.00. The van der Waals surface area contributed by atoms with Crippen molar-refractivity contribution in [2.75, 3.05) is 6.54 Å². The first kappa shape index (κ1) is 15.3. The molecule has 2 aromatic rings.